The highest BCUT2D eigenvalue weighted by Gasteiger charge is 2.14. The van der Waals surface area contributed by atoms with Crippen molar-refractivity contribution >= 4 is 5.69 Å². The Kier molecular flexibility index (Phi) is 6.30. The Labute approximate surface area is 153 Å². The SMILES string of the molecule is COc1ccc(Cn2ccc(CCOC3CCCCO3)c(N)c2=O)cc1. The number of ether oxygens (including phenoxy) is 3. The summed E-state index contributed by atoms with van der Waals surface area (Å²) in [5.41, 5.74) is 8.00. The fraction of sp³-hybridized carbons (Fsp3) is 0.450. The van der Waals surface area contributed by atoms with Gasteiger partial charge in [-0.25, -0.2) is 0 Å². The molecule has 0 radical (unpaired) electrons. The van der Waals surface area contributed by atoms with Crippen molar-refractivity contribution in [3.8, 4) is 5.75 Å². The molecule has 1 aromatic carbocycles. The van der Waals surface area contributed by atoms with Gasteiger partial charge in [0.25, 0.3) is 5.56 Å². The molecule has 0 aliphatic carbocycles. The summed E-state index contributed by atoms with van der Waals surface area (Å²) in [7, 11) is 1.63. The van der Waals surface area contributed by atoms with Crippen molar-refractivity contribution in [3.05, 3.63) is 58.0 Å². The number of nitrogen functional groups attached to an aromatic ring is 1. The van der Waals surface area contributed by atoms with E-state index in [1.54, 1.807) is 17.9 Å². The maximum Gasteiger partial charge on any atom is 0.274 e. The van der Waals surface area contributed by atoms with E-state index in [0.29, 0.717) is 19.6 Å². The zero-order chi connectivity index (χ0) is 18.4. The molecule has 2 heterocycles. The molecule has 2 N–H and O–H groups in total. The van der Waals surface area contributed by atoms with E-state index in [-0.39, 0.29) is 17.5 Å². The first-order chi connectivity index (χ1) is 12.7. The van der Waals surface area contributed by atoms with Crippen molar-refractivity contribution in [1.29, 1.82) is 0 Å². The fourth-order valence-corrected chi connectivity index (χ4v) is 3.04. The van der Waals surface area contributed by atoms with Gasteiger partial charge in [0.1, 0.15) is 11.4 Å². The number of pyridine rings is 1. The van der Waals surface area contributed by atoms with Crippen LogP contribution in [0.3, 0.4) is 0 Å². The summed E-state index contributed by atoms with van der Waals surface area (Å²) in [5, 5.41) is 0. The Hall–Kier alpha value is -2.31. The van der Waals surface area contributed by atoms with Crippen molar-refractivity contribution in [2.45, 2.75) is 38.5 Å². The summed E-state index contributed by atoms with van der Waals surface area (Å²) in [6.45, 7) is 1.73. The van der Waals surface area contributed by atoms with Gasteiger partial charge < -0.3 is 24.5 Å². The smallest absolute Gasteiger partial charge is 0.274 e. The number of methoxy groups -OCH3 is 1. The van der Waals surface area contributed by atoms with E-state index in [9.17, 15) is 4.79 Å². The molecule has 0 spiro atoms. The monoisotopic (exact) mass is 358 g/mol. The van der Waals surface area contributed by atoms with E-state index < -0.39 is 0 Å². The van der Waals surface area contributed by atoms with Gasteiger partial charge in [-0.3, -0.25) is 4.79 Å². The molecular weight excluding hydrogens is 332 g/mol. The first kappa shape index (κ1) is 18.5. The van der Waals surface area contributed by atoms with Crippen molar-refractivity contribution in [1.82, 2.24) is 4.57 Å². The van der Waals surface area contributed by atoms with Gasteiger partial charge in [-0.05, 0) is 55.0 Å². The van der Waals surface area contributed by atoms with Gasteiger partial charge in [-0.2, -0.15) is 0 Å². The van der Waals surface area contributed by atoms with Crippen LogP contribution < -0.4 is 16.0 Å². The predicted octanol–water partition coefficient (Wildman–Crippen LogP) is 2.57. The van der Waals surface area contributed by atoms with Crippen LogP contribution in [0.4, 0.5) is 5.69 Å². The molecule has 0 bridgehead atoms. The van der Waals surface area contributed by atoms with Crippen LogP contribution >= 0.6 is 0 Å². The lowest BCUT2D eigenvalue weighted by Crippen LogP contribution is -2.26. The minimum absolute atomic E-state index is 0.125. The van der Waals surface area contributed by atoms with E-state index in [2.05, 4.69) is 0 Å². The summed E-state index contributed by atoms with van der Waals surface area (Å²) in [6, 6.07) is 9.53. The molecule has 0 saturated carbocycles. The van der Waals surface area contributed by atoms with Crippen molar-refractivity contribution < 1.29 is 14.2 Å². The van der Waals surface area contributed by atoms with Crippen LogP contribution in [0, 0.1) is 0 Å². The third-order valence-electron chi connectivity index (χ3n) is 4.62. The number of nitrogens with zero attached hydrogens (tertiary/aromatic N) is 1. The first-order valence-corrected chi connectivity index (χ1v) is 9.01. The number of anilines is 1. The molecule has 6 heteroatoms. The lowest BCUT2D eigenvalue weighted by Gasteiger charge is -2.22. The number of hydrogen-bond acceptors (Lipinski definition) is 5. The van der Waals surface area contributed by atoms with Gasteiger partial charge in [-0.15, -0.1) is 0 Å². The van der Waals surface area contributed by atoms with Crippen LogP contribution in [-0.4, -0.2) is 31.2 Å². The Morgan fingerprint density at radius 2 is 2.04 bits per heavy atom. The highest BCUT2D eigenvalue weighted by Crippen LogP contribution is 2.16. The molecule has 6 nitrogen and oxygen atoms in total. The molecule has 3 rings (SSSR count). The normalized spacial score (nSPS) is 17.2. The second-order valence-corrected chi connectivity index (χ2v) is 6.45. The molecule has 0 amide bonds. The third-order valence-corrected chi connectivity index (χ3v) is 4.62. The van der Waals surface area contributed by atoms with E-state index in [1.807, 2.05) is 30.3 Å². The van der Waals surface area contributed by atoms with E-state index in [0.717, 1.165) is 42.7 Å². The Bertz CT molecular complexity index is 764. The van der Waals surface area contributed by atoms with Gasteiger partial charge in [0, 0.05) is 12.8 Å². The molecular formula is C20H26N2O4. The van der Waals surface area contributed by atoms with Crippen LogP contribution in [0.5, 0.6) is 5.75 Å². The third kappa shape index (κ3) is 4.65. The second-order valence-electron chi connectivity index (χ2n) is 6.45. The fourth-order valence-electron chi connectivity index (χ4n) is 3.04. The van der Waals surface area contributed by atoms with E-state index in [4.69, 9.17) is 19.9 Å². The van der Waals surface area contributed by atoms with Crippen LogP contribution in [-0.2, 0) is 22.4 Å². The Morgan fingerprint density at radius 1 is 1.23 bits per heavy atom. The first-order valence-electron chi connectivity index (χ1n) is 9.01. The van der Waals surface area contributed by atoms with Crippen LogP contribution in [0.15, 0.2) is 41.3 Å². The lowest BCUT2D eigenvalue weighted by molar-refractivity contribution is -0.161. The molecule has 1 unspecified atom stereocenters. The molecule has 1 aromatic heterocycles. The van der Waals surface area contributed by atoms with E-state index >= 15 is 0 Å². The van der Waals surface area contributed by atoms with Gasteiger partial charge in [0.2, 0.25) is 0 Å². The Balaban J connectivity index is 1.60. The molecule has 1 aliphatic rings. The maximum absolute atomic E-state index is 12.5. The van der Waals surface area contributed by atoms with Crippen molar-refractivity contribution in [3.63, 3.8) is 0 Å². The number of aromatic nitrogens is 1. The summed E-state index contributed by atoms with van der Waals surface area (Å²) in [5.74, 6) is 0.790. The zero-order valence-electron chi connectivity index (χ0n) is 15.1. The summed E-state index contributed by atoms with van der Waals surface area (Å²) >= 11 is 0. The predicted molar refractivity (Wildman–Crippen MR) is 100 cm³/mol. The molecule has 140 valence electrons. The van der Waals surface area contributed by atoms with Gasteiger partial charge in [0.15, 0.2) is 6.29 Å². The Morgan fingerprint density at radius 3 is 2.73 bits per heavy atom. The topological polar surface area (TPSA) is 75.7 Å². The minimum Gasteiger partial charge on any atom is -0.497 e. The van der Waals surface area contributed by atoms with Crippen LogP contribution in [0.2, 0.25) is 0 Å². The van der Waals surface area contributed by atoms with Crippen molar-refractivity contribution in [2.75, 3.05) is 26.1 Å². The van der Waals surface area contributed by atoms with Crippen molar-refractivity contribution in [2.24, 2.45) is 0 Å². The largest absolute Gasteiger partial charge is 0.497 e. The standard InChI is InChI=1S/C20H26N2O4/c1-24-17-7-5-15(6-8-17)14-22-11-9-16(19(21)20(22)23)10-13-26-18-4-2-3-12-25-18/h5-9,11,18H,2-4,10,12-14,21H2,1H3. The van der Waals surface area contributed by atoms with Crippen LogP contribution in [0.25, 0.3) is 0 Å². The molecule has 26 heavy (non-hydrogen) atoms. The van der Waals surface area contributed by atoms with Gasteiger partial charge >= 0.3 is 0 Å². The number of hydrogen-bond donors (Lipinski definition) is 1. The lowest BCUT2D eigenvalue weighted by atomic mass is 10.1. The molecule has 1 saturated heterocycles. The number of benzene rings is 1. The van der Waals surface area contributed by atoms with Gasteiger partial charge in [0.05, 0.1) is 20.3 Å². The number of rotatable bonds is 7. The van der Waals surface area contributed by atoms with Crippen LogP contribution in [0.1, 0.15) is 30.4 Å². The zero-order valence-corrected chi connectivity index (χ0v) is 15.1. The van der Waals surface area contributed by atoms with E-state index in [1.165, 1.54) is 0 Å². The molecule has 1 atom stereocenters. The maximum atomic E-state index is 12.5. The molecule has 1 aliphatic heterocycles. The summed E-state index contributed by atoms with van der Waals surface area (Å²) < 4.78 is 18.0. The second kappa shape index (κ2) is 8.87. The molecule has 1 fully saturated rings. The highest BCUT2D eigenvalue weighted by molar-refractivity contribution is 5.44. The summed E-state index contributed by atoms with van der Waals surface area (Å²) in [4.78, 5) is 12.5. The number of nitrogens with two attached hydrogens (primary N) is 1. The average Bonchev–Trinajstić information content (AvgIpc) is 2.68. The minimum atomic E-state index is -0.174. The quantitative estimate of drug-likeness (QED) is 0.823. The average molecular weight is 358 g/mol. The van der Waals surface area contributed by atoms with Gasteiger partial charge in [-0.1, -0.05) is 12.1 Å². The molecule has 2 aromatic rings. The highest BCUT2D eigenvalue weighted by atomic mass is 16.7. The summed E-state index contributed by atoms with van der Waals surface area (Å²) in [6.07, 6.45) is 5.42.